The Labute approximate surface area is 233 Å². The van der Waals surface area contributed by atoms with Crippen LogP contribution in [0.2, 0.25) is 0 Å². The van der Waals surface area contributed by atoms with E-state index in [2.05, 4.69) is 41.9 Å². The number of aromatic nitrogens is 1. The number of thioether (sulfide) groups is 1. The quantitative estimate of drug-likeness (QED) is 0.282. The molecule has 2 heterocycles. The van der Waals surface area contributed by atoms with Crippen LogP contribution in [0.4, 0.5) is 24.0 Å². The summed E-state index contributed by atoms with van der Waals surface area (Å²) in [5.41, 5.74) is 1.62. The van der Waals surface area contributed by atoms with Gasteiger partial charge in [0, 0.05) is 16.0 Å². The highest BCUT2D eigenvalue weighted by molar-refractivity contribution is 8.11. The van der Waals surface area contributed by atoms with Gasteiger partial charge in [-0.25, -0.2) is 13.4 Å². The lowest BCUT2D eigenvalue weighted by atomic mass is 9.96. The third-order valence-electron chi connectivity index (χ3n) is 6.07. The van der Waals surface area contributed by atoms with E-state index in [4.69, 9.17) is 0 Å². The maximum Gasteiger partial charge on any atom is 0.416 e. The molecule has 1 aliphatic rings. The van der Waals surface area contributed by atoms with Crippen molar-refractivity contribution in [1.82, 2.24) is 4.98 Å². The molecular formula is C27H26F3N3O3S3. The molecule has 1 aliphatic heterocycles. The maximum atomic E-state index is 12.8. The van der Waals surface area contributed by atoms with Crippen molar-refractivity contribution in [3.63, 3.8) is 0 Å². The van der Waals surface area contributed by atoms with Crippen molar-refractivity contribution in [1.29, 1.82) is 0 Å². The zero-order chi connectivity index (χ0) is 28.4. The summed E-state index contributed by atoms with van der Waals surface area (Å²) in [5, 5.41) is 5.14. The predicted octanol–water partition coefficient (Wildman–Crippen LogP) is 7.55. The van der Waals surface area contributed by atoms with Crippen molar-refractivity contribution in [2.24, 2.45) is 5.92 Å². The minimum atomic E-state index is -4.52. The van der Waals surface area contributed by atoms with Crippen molar-refractivity contribution in [2.75, 3.05) is 10.0 Å². The monoisotopic (exact) mass is 593 g/mol. The third-order valence-corrected chi connectivity index (χ3v) is 9.40. The Morgan fingerprint density at radius 2 is 1.82 bits per heavy atom. The predicted molar refractivity (Wildman–Crippen MR) is 151 cm³/mol. The first kappa shape index (κ1) is 28.9. The molecule has 0 radical (unpaired) electrons. The Morgan fingerprint density at radius 1 is 1.10 bits per heavy atom. The van der Waals surface area contributed by atoms with Crippen molar-refractivity contribution >= 4 is 54.8 Å². The number of amides is 1. The first-order valence-electron chi connectivity index (χ1n) is 12.0. The molecule has 39 heavy (non-hydrogen) atoms. The van der Waals surface area contributed by atoms with Gasteiger partial charge < -0.3 is 5.32 Å². The largest absolute Gasteiger partial charge is 0.416 e. The number of anilines is 2. The lowest BCUT2D eigenvalue weighted by molar-refractivity contribution is -0.137. The number of nitrogens with zero attached hydrogens (tertiary/aromatic N) is 1. The highest BCUT2D eigenvalue weighted by Crippen LogP contribution is 2.44. The molecule has 12 heteroatoms. The van der Waals surface area contributed by atoms with Gasteiger partial charge in [-0.15, -0.1) is 11.3 Å². The van der Waals surface area contributed by atoms with Gasteiger partial charge in [-0.1, -0.05) is 42.5 Å². The lowest BCUT2D eigenvalue weighted by Crippen LogP contribution is -2.16. The second kappa shape index (κ2) is 11.6. The molecule has 3 aromatic rings. The second-order valence-corrected chi connectivity index (χ2v) is 12.8. The van der Waals surface area contributed by atoms with Crippen LogP contribution in [0.5, 0.6) is 0 Å². The van der Waals surface area contributed by atoms with Crippen molar-refractivity contribution in [2.45, 2.75) is 44.7 Å². The van der Waals surface area contributed by atoms with Crippen molar-refractivity contribution in [3.8, 4) is 0 Å². The number of nitrogens with one attached hydrogen (secondary N) is 2. The van der Waals surface area contributed by atoms with Gasteiger partial charge >= 0.3 is 6.18 Å². The van der Waals surface area contributed by atoms with Crippen LogP contribution < -0.4 is 10.0 Å². The molecule has 0 saturated heterocycles. The summed E-state index contributed by atoms with van der Waals surface area (Å²) in [6.45, 7) is 6.32. The third kappa shape index (κ3) is 7.11. The summed E-state index contributed by atoms with van der Waals surface area (Å²) >= 11 is 2.99. The molecule has 2 N–H and O–H groups in total. The van der Waals surface area contributed by atoms with Gasteiger partial charge in [-0.05, 0) is 73.1 Å². The fourth-order valence-electron chi connectivity index (χ4n) is 4.08. The number of halogens is 3. The molecule has 2 aromatic carbocycles. The van der Waals surface area contributed by atoms with Crippen LogP contribution in [0.1, 0.15) is 44.0 Å². The zero-order valence-corrected chi connectivity index (χ0v) is 23.7. The molecule has 4 rings (SSSR count). The molecule has 0 aliphatic carbocycles. The molecule has 1 aromatic heterocycles. The van der Waals surface area contributed by atoms with Crippen LogP contribution in [-0.2, 0) is 27.4 Å². The van der Waals surface area contributed by atoms with Crippen LogP contribution in [-0.4, -0.2) is 19.3 Å². The van der Waals surface area contributed by atoms with Gasteiger partial charge in [0.15, 0.2) is 5.13 Å². The van der Waals surface area contributed by atoms with E-state index < -0.39 is 21.8 Å². The van der Waals surface area contributed by atoms with Gasteiger partial charge in [0.2, 0.25) is 5.91 Å². The first-order chi connectivity index (χ1) is 18.4. The Morgan fingerprint density at radius 3 is 2.49 bits per heavy atom. The molecule has 0 bridgehead atoms. The molecule has 0 fully saturated rings. The van der Waals surface area contributed by atoms with Crippen LogP contribution in [0.25, 0.3) is 4.91 Å². The number of allylic oxidation sites excluding steroid dienone is 3. The lowest BCUT2D eigenvalue weighted by Gasteiger charge is -2.22. The summed E-state index contributed by atoms with van der Waals surface area (Å²) in [4.78, 5) is 19.5. The van der Waals surface area contributed by atoms with Gasteiger partial charge in [0.1, 0.15) is 0 Å². The summed E-state index contributed by atoms with van der Waals surface area (Å²) in [7, 11) is -4.09. The van der Waals surface area contributed by atoms with E-state index in [0.717, 1.165) is 41.3 Å². The van der Waals surface area contributed by atoms with E-state index in [1.54, 1.807) is 17.8 Å². The Balaban J connectivity index is 1.42. The SMILES string of the molecule is CCC1C=C(C)SC(c2csc(NC(=O)Cc3cccc(S(=O)(=O)Nc4ccc(C(F)(F)F)cc4)c3)n2)=C1C. The Bertz CT molecular complexity index is 1540. The average Bonchev–Trinajstić information content (AvgIpc) is 3.33. The van der Waals surface area contributed by atoms with Gasteiger partial charge in [-0.3, -0.25) is 9.52 Å². The molecule has 1 amide bonds. The fourth-order valence-corrected chi connectivity index (χ4v) is 7.08. The second-order valence-electron chi connectivity index (χ2n) is 9.00. The van der Waals surface area contributed by atoms with E-state index in [0.29, 0.717) is 16.6 Å². The number of carbonyl (C=O) groups excluding carboxylic acids is 1. The van der Waals surface area contributed by atoms with Crippen LogP contribution >= 0.6 is 23.1 Å². The fraction of sp³-hybridized carbons (Fsp3) is 0.259. The number of benzene rings is 2. The molecule has 206 valence electrons. The number of carbonyl (C=O) groups is 1. The van der Waals surface area contributed by atoms with Crippen LogP contribution in [0.15, 0.2) is 75.4 Å². The number of hydrogen-bond acceptors (Lipinski definition) is 6. The minimum Gasteiger partial charge on any atom is -0.302 e. The topological polar surface area (TPSA) is 88.2 Å². The molecule has 1 unspecified atom stereocenters. The minimum absolute atomic E-state index is 0.0110. The van der Waals surface area contributed by atoms with Crippen molar-refractivity contribution in [3.05, 3.63) is 87.3 Å². The summed E-state index contributed by atoms with van der Waals surface area (Å²) in [6.07, 6.45) is -1.36. The number of sulfonamides is 1. The number of hydrogen-bond donors (Lipinski definition) is 2. The Kier molecular flexibility index (Phi) is 8.57. The summed E-state index contributed by atoms with van der Waals surface area (Å²) in [5.74, 6) is 0.00365. The smallest absolute Gasteiger partial charge is 0.302 e. The molecule has 1 atom stereocenters. The van der Waals surface area contributed by atoms with E-state index in [1.807, 2.05) is 5.38 Å². The number of thiazole rings is 1. The van der Waals surface area contributed by atoms with Gasteiger partial charge in [0.25, 0.3) is 10.0 Å². The molecular weight excluding hydrogens is 568 g/mol. The zero-order valence-electron chi connectivity index (χ0n) is 21.3. The first-order valence-corrected chi connectivity index (χ1v) is 15.2. The van der Waals surface area contributed by atoms with E-state index >= 15 is 0 Å². The molecule has 0 spiro atoms. The molecule has 6 nitrogen and oxygen atoms in total. The number of rotatable bonds is 8. The normalized spacial score (nSPS) is 16.2. The summed E-state index contributed by atoms with van der Waals surface area (Å²) in [6, 6.07) is 9.51. The van der Waals surface area contributed by atoms with E-state index in [9.17, 15) is 26.4 Å². The van der Waals surface area contributed by atoms with Gasteiger partial charge in [-0.2, -0.15) is 13.2 Å². The highest BCUT2D eigenvalue weighted by atomic mass is 32.2. The van der Waals surface area contributed by atoms with Crippen molar-refractivity contribution < 1.29 is 26.4 Å². The standard InChI is InChI=1S/C27H26F3N3O3S3/c1-4-19-12-16(2)38-25(17(19)3)23-15-37-26(31-23)32-24(34)14-18-6-5-7-22(13-18)39(35,36)33-21-10-8-20(9-11-21)27(28,29)30/h5-13,15,19,33H,4,14H2,1-3H3,(H,31,32,34). The van der Waals surface area contributed by atoms with E-state index in [1.165, 1.54) is 40.0 Å². The average molecular weight is 594 g/mol. The number of alkyl halides is 3. The van der Waals surface area contributed by atoms with Crippen LogP contribution in [0, 0.1) is 5.92 Å². The van der Waals surface area contributed by atoms with Crippen LogP contribution in [0.3, 0.4) is 0 Å². The Hall–Kier alpha value is -3.09. The van der Waals surface area contributed by atoms with Gasteiger partial charge in [0.05, 0.1) is 22.6 Å². The summed E-state index contributed by atoms with van der Waals surface area (Å²) < 4.78 is 66.2. The maximum absolute atomic E-state index is 12.8. The molecule has 0 saturated carbocycles. The highest BCUT2D eigenvalue weighted by Gasteiger charge is 2.30. The van der Waals surface area contributed by atoms with E-state index in [-0.39, 0.29) is 22.9 Å².